The van der Waals surface area contributed by atoms with E-state index in [-0.39, 0.29) is 48.4 Å². The molecule has 2 aliphatic rings. The topological polar surface area (TPSA) is 54.9 Å². The quantitative estimate of drug-likeness (QED) is 0.381. The highest BCUT2D eigenvalue weighted by Crippen LogP contribution is 2.34. The number of halogens is 4. The Bertz CT molecular complexity index is 628. The van der Waals surface area contributed by atoms with Crippen molar-refractivity contribution in [2.45, 2.75) is 57.3 Å². The Labute approximate surface area is 167 Å². The molecule has 0 spiro atoms. The first-order chi connectivity index (χ1) is 11.9. The van der Waals surface area contributed by atoms with Crippen molar-refractivity contribution in [1.29, 1.82) is 0 Å². The van der Waals surface area contributed by atoms with E-state index in [4.69, 9.17) is 4.74 Å². The van der Waals surface area contributed by atoms with Gasteiger partial charge >= 0.3 is 6.36 Å². The zero-order valence-electron chi connectivity index (χ0n) is 14.4. The molecule has 146 valence electrons. The number of nitrogens with one attached hydrogen (secondary N) is 2. The van der Waals surface area contributed by atoms with E-state index in [9.17, 15) is 13.2 Å². The lowest BCUT2D eigenvalue weighted by Gasteiger charge is -2.22. The van der Waals surface area contributed by atoms with Gasteiger partial charge in [-0.15, -0.1) is 37.1 Å². The Hall–Kier alpha value is -1.23. The second-order valence-electron chi connectivity index (χ2n) is 6.21. The fourth-order valence-corrected chi connectivity index (χ4v) is 3.31. The Kier molecular flexibility index (Phi) is 7.39. The van der Waals surface area contributed by atoms with Crippen molar-refractivity contribution in [3.05, 3.63) is 29.8 Å². The average molecular weight is 485 g/mol. The third kappa shape index (κ3) is 5.63. The minimum atomic E-state index is -4.72. The number of para-hydroxylation sites is 1. The van der Waals surface area contributed by atoms with Crippen LogP contribution in [0.25, 0.3) is 0 Å². The Morgan fingerprint density at radius 3 is 2.69 bits per heavy atom. The molecule has 2 heterocycles. The molecule has 26 heavy (non-hydrogen) atoms. The molecule has 0 aliphatic carbocycles. The highest BCUT2D eigenvalue weighted by Gasteiger charge is 2.41. The summed E-state index contributed by atoms with van der Waals surface area (Å²) in [7, 11) is 0. The Morgan fingerprint density at radius 1 is 1.31 bits per heavy atom. The molecule has 0 saturated carbocycles. The van der Waals surface area contributed by atoms with E-state index in [1.807, 2.05) is 6.92 Å². The molecule has 2 saturated heterocycles. The number of fused-ring (bicyclic) bond motifs is 2. The second kappa shape index (κ2) is 9.12. The first kappa shape index (κ1) is 21.1. The van der Waals surface area contributed by atoms with Crippen LogP contribution in [0.1, 0.15) is 31.7 Å². The van der Waals surface area contributed by atoms with Crippen LogP contribution < -0.4 is 15.4 Å². The summed E-state index contributed by atoms with van der Waals surface area (Å²) in [5.74, 6) is 0.350. The van der Waals surface area contributed by atoms with Gasteiger partial charge in [0.1, 0.15) is 5.75 Å². The fraction of sp³-hybridized carbons (Fsp3) is 0.588. The van der Waals surface area contributed by atoms with Gasteiger partial charge in [0.15, 0.2) is 5.96 Å². The molecule has 1 aromatic carbocycles. The summed E-state index contributed by atoms with van der Waals surface area (Å²) in [6, 6.07) is 6.23. The number of aliphatic imine (C=N–C) groups is 1. The van der Waals surface area contributed by atoms with Crippen LogP contribution in [0.15, 0.2) is 29.3 Å². The van der Waals surface area contributed by atoms with Gasteiger partial charge in [0.25, 0.3) is 0 Å². The van der Waals surface area contributed by atoms with Crippen LogP contribution in [0.2, 0.25) is 0 Å². The fourth-order valence-electron chi connectivity index (χ4n) is 3.31. The SMILES string of the molecule is CCNC(=NCc1ccccc1OC(F)(F)F)NC1CC2CCC1O2.I. The molecular weight excluding hydrogens is 462 g/mol. The summed E-state index contributed by atoms with van der Waals surface area (Å²) in [4.78, 5) is 4.41. The van der Waals surface area contributed by atoms with Crippen molar-refractivity contribution >= 4 is 29.9 Å². The van der Waals surface area contributed by atoms with Crippen LogP contribution in [0, 0.1) is 0 Å². The normalized spacial score (nSPS) is 24.9. The van der Waals surface area contributed by atoms with Crippen LogP contribution in [0.4, 0.5) is 13.2 Å². The van der Waals surface area contributed by atoms with Crippen molar-refractivity contribution in [3.63, 3.8) is 0 Å². The van der Waals surface area contributed by atoms with Crippen LogP contribution in [-0.4, -0.2) is 37.1 Å². The maximum absolute atomic E-state index is 12.5. The molecular formula is C17H23F3IN3O2. The van der Waals surface area contributed by atoms with E-state index in [2.05, 4.69) is 20.4 Å². The minimum Gasteiger partial charge on any atom is -0.405 e. The summed E-state index contributed by atoms with van der Waals surface area (Å²) >= 11 is 0. The van der Waals surface area contributed by atoms with E-state index in [1.165, 1.54) is 12.1 Å². The first-order valence-electron chi connectivity index (χ1n) is 8.48. The molecule has 2 fully saturated rings. The molecule has 2 bridgehead atoms. The standard InChI is InChI=1S/C17H22F3N3O2.HI/c1-2-21-16(23-13-9-12-7-8-15(13)24-12)22-10-11-5-3-4-6-14(11)25-17(18,19)20;/h3-6,12-13,15H,2,7-10H2,1H3,(H2,21,22,23);1H. The predicted octanol–water partition coefficient (Wildman–Crippen LogP) is 3.58. The minimum absolute atomic E-state index is 0. The van der Waals surface area contributed by atoms with Crippen molar-refractivity contribution < 1.29 is 22.6 Å². The molecule has 3 atom stereocenters. The van der Waals surface area contributed by atoms with Crippen molar-refractivity contribution in [2.75, 3.05) is 6.54 Å². The Morgan fingerprint density at radius 2 is 2.08 bits per heavy atom. The molecule has 0 radical (unpaired) electrons. The largest absolute Gasteiger partial charge is 0.573 e. The van der Waals surface area contributed by atoms with Gasteiger partial charge in [-0.2, -0.15) is 0 Å². The smallest absolute Gasteiger partial charge is 0.405 e. The molecule has 5 nitrogen and oxygen atoms in total. The second-order valence-corrected chi connectivity index (χ2v) is 6.21. The van der Waals surface area contributed by atoms with Gasteiger partial charge in [-0.3, -0.25) is 0 Å². The molecule has 0 amide bonds. The summed E-state index contributed by atoms with van der Waals surface area (Å²) in [5.41, 5.74) is 0.376. The lowest BCUT2D eigenvalue weighted by atomic mass is 9.96. The number of hydrogen-bond donors (Lipinski definition) is 2. The highest BCUT2D eigenvalue weighted by atomic mass is 127. The zero-order chi connectivity index (χ0) is 17.9. The van der Waals surface area contributed by atoms with E-state index in [1.54, 1.807) is 12.1 Å². The number of ether oxygens (including phenoxy) is 2. The Balaban J connectivity index is 0.00000243. The third-order valence-corrected chi connectivity index (χ3v) is 4.38. The number of nitrogens with zero attached hydrogens (tertiary/aromatic N) is 1. The maximum atomic E-state index is 12.5. The number of benzene rings is 1. The first-order valence-corrected chi connectivity index (χ1v) is 8.48. The number of alkyl halides is 3. The monoisotopic (exact) mass is 485 g/mol. The van der Waals surface area contributed by atoms with Gasteiger partial charge in [0.2, 0.25) is 0 Å². The summed E-state index contributed by atoms with van der Waals surface area (Å²) in [6.45, 7) is 2.69. The molecule has 2 N–H and O–H groups in total. The van der Waals surface area contributed by atoms with Crippen LogP contribution in [0.5, 0.6) is 5.75 Å². The van der Waals surface area contributed by atoms with Gasteiger partial charge < -0.3 is 20.1 Å². The molecule has 3 rings (SSSR count). The molecule has 2 aliphatic heterocycles. The van der Waals surface area contributed by atoms with E-state index < -0.39 is 6.36 Å². The van der Waals surface area contributed by atoms with Gasteiger partial charge in [-0.25, -0.2) is 4.99 Å². The van der Waals surface area contributed by atoms with Gasteiger partial charge in [0.05, 0.1) is 24.8 Å². The van der Waals surface area contributed by atoms with Crippen LogP contribution in [-0.2, 0) is 11.3 Å². The van der Waals surface area contributed by atoms with Crippen molar-refractivity contribution in [1.82, 2.24) is 10.6 Å². The summed E-state index contributed by atoms with van der Waals surface area (Å²) < 4.78 is 47.4. The van der Waals surface area contributed by atoms with E-state index in [0.29, 0.717) is 24.2 Å². The number of hydrogen-bond acceptors (Lipinski definition) is 3. The maximum Gasteiger partial charge on any atom is 0.573 e. The zero-order valence-corrected chi connectivity index (χ0v) is 16.7. The lowest BCUT2D eigenvalue weighted by molar-refractivity contribution is -0.274. The molecule has 3 unspecified atom stereocenters. The van der Waals surface area contributed by atoms with Crippen LogP contribution >= 0.6 is 24.0 Å². The summed E-state index contributed by atoms with van der Waals surface area (Å²) in [6.07, 6.45) is -1.16. The van der Waals surface area contributed by atoms with Crippen molar-refractivity contribution in [3.8, 4) is 5.75 Å². The van der Waals surface area contributed by atoms with Gasteiger partial charge in [-0.1, -0.05) is 18.2 Å². The molecule has 1 aromatic rings. The van der Waals surface area contributed by atoms with Crippen LogP contribution in [0.3, 0.4) is 0 Å². The van der Waals surface area contributed by atoms with Gasteiger partial charge in [0, 0.05) is 12.1 Å². The lowest BCUT2D eigenvalue weighted by Crippen LogP contribution is -2.47. The molecule has 9 heteroatoms. The van der Waals surface area contributed by atoms with Crippen molar-refractivity contribution in [2.24, 2.45) is 4.99 Å². The molecule has 0 aromatic heterocycles. The predicted molar refractivity (Wildman–Crippen MR) is 103 cm³/mol. The highest BCUT2D eigenvalue weighted by molar-refractivity contribution is 14.0. The summed E-state index contributed by atoms with van der Waals surface area (Å²) in [5, 5.41) is 6.46. The number of guanidine groups is 1. The third-order valence-electron chi connectivity index (χ3n) is 4.38. The van der Waals surface area contributed by atoms with Gasteiger partial charge in [-0.05, 0) is 32.3 Å². The van der Waals surface area contributed by atoms with E-state index >= 15 is 0 Å². The average Bonchev–Trinajstić information content (AvgIpc) is 3.15. The number of rotatable bonds is 5. The van der Waals surface area contributed by atoms with E-state index in [0.717, 1.165) is 19.3 Å².